The van der Waals surface area contributed by atoms with Gasteiger partial charge in [0, 0.05) is 46.3 Å². The fourth-order valence-electron chi connectivity index (χ4n) is 9.62. The van der Waals surface area contributed by atoms with E-state index < -0.39 is 0 Å². The Balaban J connectivity index is 1.11. The number of aromatic nitrogens is 4. The third-order valence-electron chi connectivity index (χ3n) is 12.4. The van der Waals surface area contributed by atoms with E-state index in [2.05, 4.69) is 186 Å². The highest BCUT2D eigenvalue weighted by atomic mass is 16.5. The lowest BCUT2D eigenvalue weighted by Crippen LogP contribution is -2.01. The summed E-state index contributed by atoms with van der Waals surface area (Å²) in [5.41, 5.74) is 14.8. The first-order chi connectivity index (χ1) is 28.6. The maximum Gasteiger partial charge on any atom is 0.145 e. The van der Waals surface area contributed by atoms with Gasteiger partial charge in [-0.05, 0) is 127 Å². The molecule has 59 heavy (non-hydrogen) atoms. The van der Waals surface area contributed by atoms with Crippen molar-refractivity contribution in [3.8, 4) is 33.8 Å². The number of rotatable bonds is 8. The molecule has 0 unspecified atom stereocenters. The molecule has 0 atom stereocenters. The van der Waals surface area contributed by atoms with Gasteiger partial charge in [0.25, 0.3) is 0 Å². The number of fused-ring (bicyclic) bond motifs is 12. The average Bonchev–Trinajstić information content (AvgIpc) is 3.95. The summed E-state index contributed by atoms with van der Waals surface area (Å²) in [6, 6.07) is 40.1. The molecule has 10 rings (SSSR count). The average molecular weight is 771 g/mol. The Morgan fingerprint density at radius 2 is 0.932 bits per heavy atom. The zero-order valence-electron chi connectivity index (χ0n) is 35.2. The molecule has 0 aliphatic heterocycles. The summed E-state index contributed by atoms with van der Waals surface area (Å²) in [5, 5.41) is 6.83. The number of nitrogens with zero attached hydrogens (tertiary/aromatic N) is 4. The van der Waals surface area contributed by atoms with Crippen molar-refractivity contribution in [3.63, 3.8) is 0 Å². The molecule has 4 aromatic heterocycles. The first-order valence-electron chi connectivity index (χ1n) is 21.2. The van der Waals surface area contributed by atoms with E-state index in [1.54, 1.807) is 0 Å². The number of imidazole rings is 2. The van der Waals surface area contributed by atoms with E-state index in [0.717, 1.165) is 55.4 Å². The minimum absolute atomic E-state index is 0.382. The van der Waals surface area contributed by atoms with Crippen LogP contribution in [0.5, 0.6) is 11.5 Å². The second kappa shape index (κ2) is 14.1. The normalized spacial score (nSPS) is 12.3. The molecule has 6 aromatic carbocycles. The molecule has 0 aliphatic carbocycles. The molecule has 0 amide bonds. The number of hydrogen-bond acceptors (Lipinski definition) is 3. The zero-order valence-corrected chi connectivity index (χ0v) is 35.2. The lowest BCUT2D eigenvalue weighted by atomic mass is 9.83. The summed E-state index contributed by atoms with van der Waals surface area (Å²) >= 11 is 0. The molecule has 0 fully saturated rings. The minimum Gasteiger partial charge on any atom is -0.457 e. The highest BCUT2D eigenvalue weighted by Gasteiger charge is 2.22. The van der Waals surface area contributed by atoms with Crippen LogP contribution in [0.15, 0.2) is 134 Å². The topological polar surface area (TPSA) is 43.8 Å². The maximum atomic E-state index is 6.76. The lowest BCUT2D eigenvalue weighted by molar-refractivity contribution is 0.484. The molecule has 4 heterocycles. The Labute approximate surface area is 345 Å². The molecule has 0 saturated carbocycles. The Kier molecular flexibility index (Phi) is 8.82. The van der Waals surface area contributed by atoms with Crippen LogP contribution in [-0.2, 0) is 0 Å². The van der Waals surface area contributed by atoms with Crippen LogP contribution in [0.25, 0.3) is 76.9 Å². The van der Waals surface area contributed by atoms with Gasteiger partial charge in [0.1, 0.15) is 22.8 Å². The molecule has 5 nitrogen and oxygen atoms in total. The Morgan fingerprint density at radius 1 is 0.441 bits per heavy atom. The second-order valence-electron chi connectivity index (χ2n) is 17.4. The van der Waals surface area contributed by atoms with Crippen molar-refractivity contribution in [2.24, 2.45) is 0 Å². The van der Waals surface area contributed by atoms with Gasteiger partial charge in [0.15, 0.2) is 0 Å². The zero-order chi connectivity index (χ0) is 40.7. The van der Waals surface area contributed by atoms with Crippen LogP contribution in [0.2, 0.25) is 0 Å². The van der Waals surface area contributed by atoms with Crippen LogP contribution in [0.3, 0.4) is 0 Å². The van der Waals surface area contributed by atoms with E-state index in [1.165, 1.54) is 55.3 Å². The predicted octanol–water partition coefficient (Wildman–Crippen LogP) is 15.2. The molecule has 10 aromatic rings. The molecule has 5 heteroatoms. The van der Waals surface area contributed by atoms with E-state index in [-0.39, 0.29) is 0 Å². The molecular formula is C54H50N4O. The van der Waals surface area contributed by atoms with Crippen molar-refractivity contribution >= 4 is 54.6 Å². The van der Waals surface area contributed by atoms with Gasteiger partial charge >= 0.3 is 0 Å². The van der Waals surface area contributed by atoms with Crippen LogP contribution in [0.1, 0.15) is 101 Å². The molecule has 0 radical (unpaired) electrons. The molecule has 292 valence electrons. The lowest BCUT2D eigenvalue weighted by Gasteiger charge is -2.22. The van der Waals surface area contributed by atoms with E-state index in [0.29, 0.717) is 23.7 Å². The number of ether oxygens (including phenoxy) is 1. The quantitative estimate of drug-likeness (QED) is 0.145. The summed E-state index contributed by atoms with van der Waals surface area (Å²) in [7, 11) is 0. The van der Waals surface area contributed by atoms with Crippen LogP contribution < -0.4 is 4.74 Å². The molecule has 0 spiro atoms. The van der Waals surface area contributed by atoms with Crippen LogP contribution in [0, 0.1) is 0 Å². The van der Waals surface area contributed by atoms with Crippen molar-refractivity contribution in [3.05, 3.63) is 156 Å². The second-order valence-corrected chi connectivity index (χ2v) is 17.4. The van der Waals surface area contributed by atoms with E-state index in [1.807, 2.05) is 12.4 Å². The summed E-state index contributed by atoms with van der Waals surface area (Å²) in [6.07, 6.45) is 7.95. The minimum atomic E-state index is 0.382. The van der Waals surface area contributed by atoms with Gasteiger partial charge in [-0.1, -0.05) is 116 Å². The number of pyridine rings is 2. The molecule has 0 bridgehead atoms. The maximum absolute atomic E-state index is 6.76. The van der Waals surface area contributed by atoms with Gasteiger partial charge in [-0.15, -0.1) is 0 Å². The predicted molar refractivity (Wildman–Crippen MR) is 248 cm³/mol. The smallest absolute Gasteiger partial charge is 0.145 e. The largest absolute Gasteiger partial charge is 0.457 e. The number of hydrogen-bond donors (Lipinski definition) is 0. The molecule has 0 aliphatic rings. The van der Waals surface area contributed by atoms with E-state index in [9.17, 15) is 0 Å². The van der Waals surface area contributed by atoms with Crippen molar-refractivity contribution in [2.75, 3.05) is 0 Å². The van der Waals surface area contributed by atoms with Gasteiger partial charge in [0.2, 0.25) is 0 Å². The molecule has 0 saturated heterocycles. The van der Waals surface area contributed by atoms with Crippen LogP contribution in [0.4, 0.5) is 0 Å². The summed E-state index contributed by atoms with van der Waals surface area (Å²) < 4.78 is 11.2. The first-order valence-corrected chi connectivity index (χ1v) is 21.2. The van der Waals surface area contributed by atoms with Crippen LogP contribution >= 0.6 is 0 Å². The van der Waals surface area contributed by atoms with Gasteiger partial charge in [-0.3, -0.25) is 8.80 Å². The number of benzene rings is 6. The standard InChI is InChI=1S/C54H50N4O/c1-31(2)38-12-9-13-39(32(3)4)50(38)35-18-21-43-42-22-19-36(29-46(42)53-55-25-27-58(53)49(43)28-35)59-37-20-23-44-47(30-37)54-56-24-26-57(54)48-17-11-16-45(52(44)48)51-40(33(5)6)14-10-15-41(51)34(7)8/h9-34H,1-8H3. The van der Waals surface area contributed by atoms with E-state index in [4.69, 9.17) is 14.7 Å². The SMILES string of the molecule is CC(C)c1cccc(C(C)C)c1-c1ccc2c3ccc(Oc4ccc5c(c4)c4nccn4c4cccc(-c6c(C(C)C)cccc6C(C)C)c54)cc3c3nccn3c2c1. The van der Waals surface area contributed by atoms with Crippen LogP contribution in [-0.4, -0.2) is 18.8 Å². The third-order valence-corrected chi connectivity index (χ3v) is 12.4. The third kappa shape index (κ3) is 5.89. The Morgan fingerprint density at radius 3 is 1.51 bits per heavy atom. The van der Waals surface area contributed by atoms with Gasteiger partial charge in [-0.2, -0.15) is 0 Å². The highest BCUT2D eigenvalue weighted by Crippen LogP contribution is 2.44. The van der Waals surface area contributed by atoms with Gasteiger partial charge in [-0.25, -0.2) is 9.97 Å². The fraction of sp³-hybridized carbons (Fsp3) is 0.222. The monoisotopic (exact) mass is 770 g/mol. The van der Waals surface area contributed by atoms with Crippen molar-refractivity contribution in [1.29, 1.82) is 0 Å². The van der Waals surface area contributed by atoms with Gasteiger partial charge < -0.3 is 4.74 Å². The summed E-state index contributed by atoms with van der Waals surface area (Å²) in [6.45, 7) is 18.3. The first kappa shape index (κ1) is 36.9. The van der Waals surface area contributed by atoms with Crippen molar-refractivity contribution < 1.29 is 4.74 Å². The Bertz CT molecular complexity index is 3220. The molecule has 0 N–H and O–H groups in total. The van der Waals surface area contributed by atoms with Crippen molar-refractivity contribution in [2.45, 2.75) is 79.1 Å². The highest BCUT2D eigenvalue weighted by molar-refractivity contribution is 6.18. The van der Waals surface area contributed by atoms with Gasteiger partial charge in [0.05, 0.1) is 11.0 Å². The summed E-state index contributed by atoms with van der Waals surface area (Å²) in [4.78, 5) is 9.79. The molecular weight excluding hydrogens is 721 g/mol. The summed E-state index contributed by atoms with van der Waals surface area (Å²) in [5.74, 6) is 3.12. The fourth-order valence-corrected chi connectivity index (χ4v) is 9.62. The Hall–Kier alpha value is -6.46. The van der Waals surface area contributed by atoms with Crippen molar-refractivity contribution in [1.82, 2.24) is 18.8 Å². The van der Waals surface area contributed by atoms with E-state index >= 15 is 0 Å².